The Morgan fingerprint density at radius 2 is 2.00 bits per heavy atom. The fraction of sp³-hybridized carbons (Fsp3) is 1.00. The Kier molecular flexibility index (Phi) is 3.23. The monoisotopic (exact) mass is 182 g/mol. The first-order valence-electron chi connectivity index (χ1n) is 5.89. The Balaban J connectivity index is 1.94. The molecular formula is C11H22N2. The number of rotatable bonds is 2. The highest BCUT2D eigenvalue weighted by Gasteiger charge is 2.31. The summed E-state index contributed by atoms with van der Waals surface area (Å²) in [5.41, 5.74) is 0. The molecule has 2 aliphatic rings. The molecule has 2 heteroatoms. The van der Waals surface area contributed by atoms with Gasteiger partial charge in [0.15, 0.2) is 0 Å². The van der Waals surface area contributed by atoms with E-state index in [9.17, 15) is 0 Å². The highest BCUT2D eigenvalue weighted by Crippen LogP contribution is 2.26. The average molecular weight is 182 g/mol. The molecule has 0 aromatic heterocycles. The van der Waals surface area contributed by atoms with E-state index in [1.165, 1.54) is 45.2 Å². The van der Waals surface area contributed by atoms with Gasteiger partial charge in [-0.1, -0.05) is 13.3 Å². The van der Waals surface area contributed by atoms with E-state index in [1.54, 1.807) is 0 Å². The van der Waals surface area contributed by atoms with Gasteiger partial charge in [-0.3, -0.25) is 4.90 Å². The molecule has 2 atom stereocenters. The van der Waals surface area contributed by atoms with E-state index in [-0.39, 0.29) is 0 Å². The number of fused-ring (bicyclic) bond motifs is 1. The molecule has 2 fully saturated rings. The summed E-state index contributed by atoms with van der Waals surface area (Å²) in [7, 11) is 0. The molecule has 0 aromatic carbocycles. The topological polar surface area (TPSA) is 15.3 Å². The average Bonchev–Trinajstić information content (AvgIpc) is 2.19. The third kappa shape index (κ3) is 2.05. The van der Waals surface area contributed by atoms with Crippen LogP contribution in [0.4, 0.5) is 0 Å². The molecule has 2 saturated heterocycles. The first kappa shape index (κ1) is 9.47. The van der Waals surface area contributed by atoms with E-state index in [0.29, 0.717) is 0 Å². The summed E-state index contributed by atoms with van der Waals surface area (Å²) >= 11 is 0. The number of hydrogen-bond acceptors (Lipinski definition) is 2. The minimum absolute atomic E-state index is 0.791. The Morgan fingerprint density at radius 1 is 1.15 bits per heavy atom. The second-order valence-corrected chi connectivity index (χ2v) is 4.41. The Morgan fingerprint density at radius 3 is 2.85 bits per heavy atom. The second-order valence-electron chi connectivity index (χ2n) is 4.41. The van der Waals surface area contributed by atoms with Crippen LogP contribution in [0, 0.1) is 0 Å². The standard InChI is InChI=1S/C11H22N2/c1-2-12-10-6-5-9-13-8-4-3-7-11(10)13/h10-12H,2-9H2,1H3/t10-,11+/m0/s1. The molecule has 2 nitrogen and oxygen atoms in total. The van der Waals surface area contributed by atoms with E-state index in [2.05, 4.69) is 17.1 Å². The Bertz CT molecular complexity index is 154. The maximum Gasteiger partial charge on any atom is 0.0249 e. The number of piperidine rings is 2. The first-order chi connectivity index (χ1) is 6.42. The van der Waals surface area contributed by atoms with E-state index in [1.807, 2.05) is 0 Å². The molecule has 2 heterocycles. The minimum atomic E-state index is 0.791. The van der Waals surface area contributed by atoms with Gasteiger partial charge in [0.25, 0.3) is 0 Å². The van der Waals surface area contributed by atoms with Crippen molar-refractivity contribution < 1.29 is 0 Å². The maximum absolute atomic E-state index is 3.64. The van der Waals surface area contributed by atoms with Gasteiger partial charge in [-0.15, -0.1) is 0 Å². The third-order valence-corrected chi connectivity index (χ3v) is 3.56. The van der Waals surface area contributed by atoms with Crippen LogP contribution in [-0.2, 0) is 0 Å². The fourth-order valence-corrected chi connectivity index (χ4v) is 2.96. The molecule has 13 heavy (non-hydrogen) atoms. The zero-order valence-electron chi connectivity index (χ0n) is 8.76. The molecule has 2 aliphatic heterocycles. The van der Waals surface area contributed by atoms with Crippen molar-refractivity contribution in [2.45, 2.75) is 51.1 Å². The van der Waals surface area contributed by atoms with Crippen molar-refractivity contribution in [3.05, 3.63) is 0 Å². The van der Waals surface area contributed by atoms with Gasteiger partial charge in [0.05, 0.1) is 0 Å². The summed E-state index contributed by atoms with van der Waals surface area (Å²) in [5, 5.41) is 3.64. The van der Waals surface area contributed by atoms with Crippen LogP contribution in [0.5, 0.6) is 0 Å². The van der Waals surface area contributed by atoms with Crippen molar-refractivity contribution >= 4 is 0 Å². The summed E-state index contributed by atoms with van der Waals surface area (Å²) in [6.07, 6.45) is 7.10. The van der Waals surface area contributed by atoms with Crippen LogP contribution < -0.4 is 5.32 Å². The van der Waals surface area contributed by atoms with E-state index in [0.717, 1.165) is 18.6 Å². The van der Waals surface area contributed by atoms with E-state index < -0.39 is 0 Å². The summed E-state index contributed by atoms with van der Waals surface area (Å²) in [6.45, 7) is 6.07. The van der Waals surface area contributed by atoms with Crippen molar-refractivity contribution in [3.63, 3.8) is 0 Å². The molecule has 76 valence electrons. The molecule has 0 aliphatic carbocycles. The van der Waals surface area contributed by atoms with Crippen molar-refractivity contribution in [1.82, 2.24) is 10.2 Å². The number of hydrogen-bond donors (Lipinski definition) is 1. The molecule has 0 aromatic rings. The van der Waals surface area contributed by atoms with Gasteiger partial charge in [-0.05, 0) is 45.3 Å². The lowest BCUT2D eigenvalue weighted by Crippen LogP contribution is -2.55. The van der Waals surface area contributed by atoms with Gasteiger partial charge in [0.2, 0.25) is 0 Å². The highest BCUT2D eigenvalue weighted by atomic mass is 15.2. The zero-order chi connectivity index (χ0) is 9.10. The van der Waals surface area contributed by atoms with Crippen LogP contribution in [0.1, 0.15) is 39.0 Å². The quantitative estimate of drug-likeness (QED) is 0.698. The summed E-state index contributed by atoms with van der Waals surface area (Å²) in [4.78, 5) is 2.71. The number of nitrogens with one attached hydrogen (secondary N) is 1. The predicted molar refractivity (Wildman–Crippen MR) is 55.9 cm³/mol. The highest BCUT2D eigenvalue weighted by molar-refractivity contribution is 4.90. The second kappa shape index (κ2) is 4.43. The van der Waals surface area contributed by atoms with Gasteiger partial charge in [0, 0.05) is 12.1 Å². The summed E-state index contributed by atoms with van der Waals surface area (Å²) in [5.74, 6) is 0. The van der Waals surface area contributed by atoms with Crippen LogP contribution in [0.3, 0.4) is 0 Å². The SMILES string of the molecule is CCN[C@H]1CCCN2CCCC[C@H]12. The van der Waals surface area contributed by atoms with Crippen molar-refractivity contribution in [2.75, 3.05) is 19.6 Å². The molecule has 0 amide bonds. The van der Waals surface area contributed by atoms with Gasteiger partial charge in [-0.2, -0.15) is 0 Å². The molecule has 0 spiro atoms. The van der Waals surface area contributed by atoms with Crippen LogP contribution in [0.15, 0.2) is 0 Å². The van der Waals surface area contributed by atoms with E-state index in [4.69, 9.17) is 0 Å². The number of nitrogens with zero attached hydrogens (tertiary/aromatic N) is 1. The van der Waals surface area contributed by atoms with Gasteiger partial charge in [0.1, 0.15) is 0 Å². The van der Waals surface area contributed by atoms with Crippen molar-refractivity contribution in [3.8, 4) is 0 Å². The van der Waals surface area contributed by atoms with Crippen LogP contribution >= 0.6 is 0 Å². The van der Waals surface area contributed by atoms with E-state index >= 15 is 0 Å². The fourth-order valence-electron chi connectivity index (χ4n) is 2.96. The molecule has 0 radical (unpaired) electrons. The van der Waals surface area contributed by atoms with Crippen molar-refractivity contribution in [2.24, 2.45) is 0 Å². The summed E-state index contributed by atoms with van der Waals surface area (Å²) in [6, 6.07) is 1.65. The van der Waals surface area contributed by atoms with Gasteiger partial charge >= 0.3 is 0 Å². The van der Waals surface area contributed by atoms with Crippen LogP contribution in [0.2, 0.25) is 0 Å². The first-order valence-corrected chi connectivity index (χ1v) is 5.89. The molecule has 0 unspecified atom stereocenters. The van der Waals surface area contributed by atoms with Crippen LogP contribution in [0.25, 0.3) is 0 Å². The molecule has 0 saturated carbocycles. The molecule has 0 bridgehead atoms. The lowest BCUT2D eigenvalue weighted by atomic mass is 9.89. The molecular weight excluding hydrogens is 160 g/mol. The predicted octanol–water partition coefficient (Wildman–Crippen LogP) is 1.61. The lowest BCUT2D eigenvalue weighted by Gasteiger charge is -2.44. The lowest BCUT2D eigenvalue weighted by molar-refractivity contribution is 0.0783. The Hall–Kier alpha value is -0.0800. The zero-order valence-corrected chi connectivity index (χ0v) is 8.76. The van der Waals surface area contributed by atoms with Gasteiger partial charge < -0.3 is 5.32 Å². The summed E-state index contributed by atoms with van der Waals surface area (Å²) < 4.78 is 0. The molecule has 2 rings (SSSR count). The largest absolute Gasteiger partial charge is 0.313 e. The normalized spacial score (nSPS) is 35.8. The third-order valence-electron chi connectivity index (χ3n) is 3.56. The maximum atomic E-state index is 3.64. The number of likely N-dealkylation sites (N-methyl/N-ethyl adjacent to an activating group) is 1. The van der Waals surface area contributed by atoms with Gasteiger partial charge in [-0.25, -0.2) is 0 Å². The smallest absolute Gasteiger partial charge is 0.0249 e. The Labute approximate surface area is 81.7 Å². The minimum Gasteiger partial charge on any atom is -0.313 e. The van der Waals surface area contributed by atoms with Crippen molar-refractivity contribution in [1.29, 1.82) is 0 Å². The molecule has 1 N–H and O–H groups in total. The van der Waals surface area contributed by atoms with Crippen LogP contribution in [-0.4, -0.2) is 36.6 Å².